The highest BCUT2D eigenvalue weighted by atomic mass is 32.1. The lowest BCUT2D eigenvalue weighted by atomic mass is 10.1. The molecule has 3 aromatic carbocycles. The highest BCUT2D eigenvalue weighted by Crippen LogP contribution is 2.33. The number of carbonyl (C=O) groups excluding carboxylic acids is 1. The molecular formula is C26H24N2O3S. The Balaban J connectivity index is 1.47. The van der Waals surface area contributed by atoms with Crippen LogP contribution in [0.1, 0.15) is 28.8 Å². The fourth-order valence-corrected chi connectivity index (χ4v) is 4.95. The van der Waals surface area contributed by atoms with Crippen LogP contribution in [0.2, 0.25) is 0 Å². The second-order valence-electron chi connectivity index (χ2n) is 7.91. The smallest absolute Gasteiger partial charge is 0.260 e. The van der Waals surface area contributed by atoms with E-state index >= 15 is 0 Å². The predicted molar refractivity (Wildman–Crippen MR) is 128 cm³/mol. The van der Waals surface area contributed by atoms with Gasteiger partial charge in [0, 0.05) is 12.2 Å². The molecular weight excluding hydrogens is 420 g/mol. The van der Waals surface area contributed by atoms with Gasteiger partial charge >= 0.3 is 0 Å². The normalized spacial score (nSPS) is 15.7. The monoisotopic (exact) mass is 444 g/mol. The molecule has 0 saturated carbocycles. The first-order chi connectivity index (χ1) is 15.7. The van der Waals surface area contributed by atoms with Gasteiger partial charge in [-0.25, -0.2) is 4.98 Å². The number of aryl methyl sites for hydroxylation is 1. The lowest BCUT2D eigenvalue weighted by Crippen LogP contribution is -2.37. The van der Waals surface area contributed by atoms with Crippen molar-refractivity contribution in [2.45, 2.75) is 25.9 Å². The van der Waals surface area contributed by atoms with Crippen LogP contribution < -0.4 is 9.64 Å². The van der Waals surface area contributed by atoms with Crippen molar-refractivity contribution in [1.29, 1.82) is 0 Å². The van der Waals surface area contributed by atoms with E-state index in [2.05, 4.69) is 0 Å². The average molecular weight is 445 g/mol. The Morgan fingerprint density at radius 2 is 1.91 bits per heavy atom. The third-order valence-electron chi connectivity index (χ3n) is 5.56. The zero-order chi connectivity index (χ0) is 21.9. The molecule has 1 amide bonds. The maximum atomic E-state index is 13.7. The number of hydrogen-bond acceptors (Lipinski definition) is 5. The van der Waals surface area contributed by atoms with Crippen molar-refractivity contribution in [3.63, 3.8) is 0 Å². The molecule has 1 atom stereocenters. The van der Waals surface area contributed by atoms with Crippen LogP contribution in [0, 0.1) is 6.92 Å². The molecule has 1 fully saturated rings. The van der Waals surface area contributed by atoms with Crippen LogP contribution in [0.3, 0.4) is 0 Å². The summed E-state index contributed by atoms with van der Waals surface area (Å²) >= 11 is 1.54. The van der Waals surface area contributed by atoms with Gasteiger partial charge < -0.3 is 9.47 Å². The summed E-state index contributed by atoms with van der Waals surface area (Å²) < 4.78 is 12.9. The summed E-state index contributed by atoms with van der Waals surface area (Å²) in [6.07, 6.45) is 1.99. The molecule has 1 aromatic heterocycles. The van der Waals surface area contributed by atoms with E-state index in [4.69, 9.17) is 14.5 Å². The van der Waals surface area contributed by atoms with Crippen LogP contribution in [0.15, 0.2) is 72.8 Å². The molecule has 1 unspecified atom stereocenters. The summed E-state index contributed by atoms with van der Waals surface area (Å²) in [5.41, 5.74) is 2.61. The van der Waals surface area contributed by atoms with E-state index < -0.39 is 0 Å². The lowest BCUT2D eigenvalue weighted by Gasteiger charge is -2.23. The molecule has 1 saturated heterocycles. The number of anilines is 1. The lowest BCUT2D eigenvalue weighted by molar-refractivity contribution is 0.0917. The molecule has 0 bridgehead atoms. The first-order valence-corrected chi connectivity index (χ1v) is 11.6. The fourth-order valence-electron chi connectivity index (χ4n) is 3.90. The Morgan fingerprint density at radius 1 is 1.09 bits per heavy atom. The van der Waals surface area contributed by atoms with Crippen molar-refractivity contribution >= 4 is 32.6 Å². The number of para-hydroxylation sites is 2. The van der Waals surface area contributed by atoms with Crippen LogP contribution in [0.4, 0.5) is 5.13 Å². The average Bonchev–Trinajstić information content (AvgIpc) is 3.48. The van der Waals surface area contributed by atoms with Crippen LogP contribution in [-0.4, -0.2) is 30.1 Å². The Morgan fingerprint density at radius 3 is 2.69 bits per heavy atom. The third-order valence-corrected chi connectivity index (χ3v) is 6.60. The topological polar surface area (TPSA) is 51.7 Å². The van der Waals surface area contributed by atoms with Gasteiger partial charge in [0.2, 0.25) is 0 Å². The fraction of sp³-hybridized carbons (Fsp3) is 0.231. The van der Waals surface area contributed by atoms with Gasteiger partial charge in [0.15, 0.2) is 5.13 Å². The molecule has 2 heterocycles. The molecule has 5 rings (SSSR count). The van der Waals surface area contributed by atoms with Gasteiger partial charge in [-0.2, -0.15) is 0 Å². The number of fused-ring (bicyclic) bond motifs is 1. The van der Waals surface area contributed by atoms with Crippen LogP contribution in [-0.2, 0) is 4.74 Å². The Kier molecular flexibility index (Phi) is 5.88. The van der Waals surface area contributed by atoms with Crippen molar-refractivity contribution in [2.75, 3.05) is 18.1 Å². The molecule has 0 spiro atoms. The Hall–Kier alpha value is -3.22. The number of aromatic nitrogens is 1. The number of thiazole rings is 1. The van der Waals surface area contributed by atoms with E-state index in [1.54, 1.807) is 11.0 Å². The summed E-state index contributed by atoms with van der Waals surface area (Å²) in [6.45, 7) is 3.27. The minimum Gasteiger partial charge on any atom is -0.457 e. The van der Waals surface area contributed by atoms with Crippen LogP contribution in [0.5, 0.6) is 11.5 Å². The molecule has 0 N–H and O–H groups in total. The van der Waals surface area contributed by atoms with Crippen molar-refractivity contribution in [1.82, 2.24) is 4.98 Å². The van der Waals surface area contributed by atoms with Crippen molar-refractivity contribution in [2.24, 2.45) is 0 Å². The van der Waals surface area contributed by atoms with Crippen molar-refractivity contribution in [3.8, 4) is 11.5 Å². The molecule has 0 radical (unpaired) electrons. The molecule has 4 aromatic rings. The van der Waals surface area contributed by atoms with Gasteiger partial charge in [0.1, 0.15) is 11.5 Å². The minimum absolute atomic E-state index is 0.0239. The zero-order valence-corrected chi connectivity index (χ0v) is 18.7. The first-order valence-electron chi connectivity index (χ1n) is 10.8. The van der Waals surface area contributed by atoms with E-state index in [1.165, 1.54) is 11.3 Å². The quantitative estimate of drug-likeness (QED) is 0.354. The SMILES string of the molecule is Cc1cccc2sc(N(CC3CCCO3)C(=O)c3cccc(Oc4ccccc4)c3)nc12. The maximum Gasteiger partial charge on any atom is 0.260 e. The summed E-state index contributed by atoms with van der Waals surface area (Å²) in [5.74, 6) is 1.25. The van der Waals surface area contributed by atoms with Gasteiger partial charge in [-0.1, -0.05) is 47.7 Å². The van der Waals surface area contributed by atoms with E-state index in [0.717, 1.165) is 41.0 Å². The molecule has 6 heteroatoms. The third kappa shape index (κ3) is 4.38. The second-order valence-corrected chi connectivity index (χ2v) is 8.92. The molecule has 32 heavy (non-hydrogen) atoms. The number of benzene rings is 3. The highest BCUT2D eigenvalue weighted by Gasteiger charge is 2.27. The summed E-state index contributed by atoms with van der Waals surface area (Å²) in [4.78, 5) is 20.3. The van der Waals surface area contributed by atoms with Crippen LogP contribution in [0.25, 0.3) is 10.2 Å². The van der Waals surface area contributed by atoms with Gasteiger partial charge in [0.05, 0.1) is 22.9 Å². The Bertz CT molecular complexity index is 1230. The zero-order valence-electron chi connectivity index (χ0n) is 17.9. The summed E-state index contributed by atoms with van der Waals surface area (Å²) in [6, 6.07) is 23.0. The number of carbonyl (C=O) groups is 1. The van der Waals surface area contributed by atoms with Gasteiger partial charge in [-0.05, 0) is 61.7 Å². The van der Waals surface area contributed by atoms with E-state index in [-0.39, 0.29) is 12.0 Å². The van der Waals surface area contributed by atoms with E-state index in [1.807, 2.05) is 73.7 Å². The molecule has 5 nitrogen and oxygen atoms in total. The highest BCUT2D eigenvalue weighted by molar-refractivity contribution is 7.22. The number of rotatable bonds is 6. The first kappa shape index (κ1) is 20.7. The number of hydrogen-bond donors (Lipinski definition) is 0. The molecule has 162 valence electrons. The second kappa shape index (κ2) is 9.10. The van der Waals surface area contributed by atoms with E-state index in [9.17, 15) is 4.79 Å². The summed E-state index contributed by atoms with van der Waals surface area (Å²) in [5, 5.41) is 0.698. The van der Waals surface area contributed by atoms with Crippen LogP contribution >= 0.6 is 11.3 Å². The Labute approximate surface area is 191 Å². The van der Waals surface area contributed by atoms with Gasteiger partial charge in [-0.3, -0.25) is 9.69 Å². The summed E-state index contributed by atoms with van der Waals surface area (Å²) in [7, 11) is 0. The molecule has 0 aliphatic carbocycles. The minimum atomic E-state index is -0.101. The largest absolute Gasteiger partial charge is 0.457 e. The van der Waals surface area contributed by atoms with Crippen molar-refractivity contribution in [3.05, 3.63) is 83.9 Å². The van der Waals surface area contributed by atoms with Gasteiger partial charge in [-0.15, -0.1) is 0 Å². The number of nitrogens with zero attached hydrogens (tertiary/aromatic N) is 2. The van der Waals surface area contributed by atoms with E-state index in [0.29, 0.717) is 23.0 Å². The standard InChI is InChI=1S/C26H24N2O3S/c1-18-8-5-14-23-24(18)27-26(32-23)28(17-22-13-7-15-30-22)25(29)19-9-6-12-21(16-19)31-20-10-3-2-4-11-20/h2-6,8-12,14,16,22H,7,13,15,17H2,1H3. The maximum absolute atomic E-state index is 13.7. The number of amides is 1. The van der Waals surface area contributed by atoms with Crippen molar-refractivity contribution < 1.29 is 14.3 Å². The van der Waals surface area contributed by atoms with Gasteiger partial charge in [0.25, 0.3) is 5.91 Å². The molecule has 1 aliphatic rings. The number of ether oxygens (including phenoxy) is 2. The predicted octanol–water partition coefficient (Wildman–Crippen LogP) is 6.22. The molecule has 1 aliphatic heterocycles.